The van der Waals surface area contributed by atoms with E-state index in [1.165, 1.54) is 44.8 Å². The van der Waals surface area contributed by atoms with Crippen molar-refractivity contribution in [2.75, 3.05) is 0 Å². The lowest BCUT2D eigenvalue weighted by Crippen LogP contribution is -2.54. The zero-order valence-electron chi connectivity index (χ0n) is 11.4. The van der Waals surface area contributed by atoms with Gasteiger partial charge in [-0.3, -0.25) is 0 Å². The van der Waals surface area contributed by atoms with Gasteiger partial charge in [-0.25, -0.2) is 0 Å². The summed E-state index contributed by atoms with van der Waals surface area (Å²) >= 11 is 0. The van der Waals surface area contributed by atoms with E-state index in [1.807, 2.05) is 0 Å². The molecule has 0 radical (unpaired) electrons. The summed E-state index contributed by atoms with van der Waals surface area (Å²) < 4.78 is 0. The second-order valence-electron chi connectivity index (χ2n) is 6.56. The van der Waals surface area contributed by atoms with E-state index in [0.717, 1.165) is 24.7 Å². The molecule has 98 valence electrons. The molecule has 2 fully saturated rings. The van der Waals surface area contributed by atoms with Gasteiger partial charge < -0.3 is 10.1 Å². The lowest BCUT2D eigenvalue weighted by atomic mass is 9.76. The van der Waals surface area contributed by atoms with Crippen LogP contribution < -0.4 is 5.32 Å². The van der Waals surface area contributed by atoms with Gasteiger partial charge in [0.15, 0.2) is 0 Å². The fourth-order valence-electron chi connectivity index (χ4n) is 3.38. The number of nitrogens with one attached hydrogen (secondary N) is 1. The third-order valence-electron chi connectivity index (χ3n) is 4.90. The molecule has 0 atom stereocenters. The van der Waals surface area contributed by atoms with Gasteiger partial charge in [0.05, 0.1) is 5.54 Å². The van der Waals surface area contributed by atoms with Gasteiger partial charge in [0.1, 0.15) is 6.29 Å². The van der Waals surface area contributed by atoms with Gasteiger partial charge in [0.2, 0.25) is 0 Å². The van der Waals surface area contributed by atoms with Crippen molar-refractivity contribution in [2.24, 2.45) is 11.8 Å². The minimum atomic E-state index is -0.183. The summed E-state index contributed by atoms with van der Waals surface area (Å²) in [5.41, 5.74) is -0.183. The van der Waals surface area contributed by atoms with Crippen LogP contribution in [-0.2, 0) is 4.79 Å². The Morgan fingerprint density at radius 1 is 0.941 bits per heavy atom. The fraction of sp³-hybridized carbons (Fsp3) is 0.933. The van der Waals surface area contributed by atoms with E-state index in [0.29, 0.717) is 6.04 Å². The minimum absolute atomic E-state index is 0.183. The van der Waals surface area contributed by atoms with E-state index in [-0.39, 0.29) is 5.54 Å². The Labute approximate surface area is 106 Å². The van der Waals surface area contributed by atoms with Gasteiger partial charge >= 0.3 is 0 Å². The zero-order valence-corrected chi connectivity index (χ0v) is 11.4. The van der Waals surface area contributed by atoms with Crippen molar-refractivity contribution in [1.82, 2.24) is 5.32 Å². The molecular weight excluding hydrogens is 210 g/mol. The predicted octanol–water partition coefficient (Wildman–Crippen LogP) is 3.30. The van der Waals surface area contributed by atoms with Crippen LogP contribution in [0.15, 0.2) is 0 Å². The average Bonchev–Trinajstić information content (AvgIpc) is 2.35. The molecule has 0 bridgehead atoms. The largest absolute Gasteiger partial charge is 0.302 e. The molecule has 0 amide bonds. The first-order chi connectivity index (χ1) is 8.13. The molecule has 2 aliphatic rings. The van der Waals surface area contributed by atoms with Crippen LogP contribution in [0.4, 0.5) is 0 Å². The molecule has 0 unspecified atom stereocenters. The van der Waals surface area contributed by atoms with Crippen LogP contribution in [0.25, 0.3) is 0 Å². The van der Waals surface area contributed by atoms with E-state index in [9.17, 15) is 4.79 Å². The highest BCUT2D eigenvalue weighted by Crippen LogP contribution is 2.33. The van der Waals surface area contributed by atoms with Crippen LogP contribution in [0.2, 0.25) is 0 Å². The first kappa shape index (κ1) is 13.1. The highest BCUT2D eigenvalue weighted by atomic mass is 16.1. The molecule has 2 aliphatic carbocycles. The van der Waals surface area contributed by atoms with Crippen molar-refractivity contribution < 1.29 is 4.79 Å². The lowest BCUT2D eigenvalue weighted by molar-refractivity contribution is -0.115. The molecule has 0 aromatic rings. The average molecular weight is 237 g/mol. The maximum absolute atomic E-state index is 11.5. The summed E-state index contributed by atoms with van der Waals surface area (Å²) in [4.78, 5) is 11.5. The molecule has 2 heteroatoms. The Hall–Kier alpha value is -0.370. The third-order valence-corrected chi connectivity index (χ3v) is 4.90. The summed E-state index contributed by atoms with van der Waals surface area (Å²) in [7, 11) is 0. The van der Waals surface area contributed by atoms with Gasteiger partial charge in [-0.15, -0.1) is 0 Å². The van der Waals surface area contributed by atoms with Crippen molar-refractivity contribution in [3.8, 4) is 0 Å². The van der Waals surface area contributed by atoms with E-state index >= 15 is 0 Å². The zero-order chi connectivity index (χ0) is 12.3. The molecule has 2 saturated carbocycles. The highest BCUT2D eigenvalue weighted by Gasteiger charge is 2.36. The minimum Gasteiger partial charge on any atom is -0.302 e. The number of carbonyl (C=O) groups excluding carboxylic acids is 1. The van der Waals surface area contributed by atoms with Crippen molar-refractivity contribution in [1.29, 1.82) is 0 Å². The normalized spacial score (nSPS) is 43.3. The first-order valence-electron chi connectivity index (χ1n) is 7.37. The fourth-order valence-corrected chi connectivity index (χ4v) is 3.38. The molecule has 0 aliphatic heterocycles. The third kappa shape index (κ3) is 3.31. The molecule has 0 spiro atoms. The SMILES string of the molecule is CC1CCC(NC2(C=O)CCC(C)CC2)CC1. The van der Waals surface area contributed by atoms with Gasteiger partial charge in [0.25, 0.3) is 0 Å². The van der Waals surface area contributed by atoms with Gasteiger partial charge in [-0.1, -0.05) is 13.8 Å². The number of aldehydes is 1. The maximum Gasteiger partial charge on any atom is 0.140 e. The molecule has 0 aromatic carbocycles. The van der Waals surface area contributed by atoms with E-state index in [2.05, 4.69) is 19.2 Å². The van der Waals surface area contributed by atoms with E-state index in [4.69, 9.17) is 0 Å². The molecule has 0 heterocycles. The first-order valence-corrected chi connectivity index (χ1v) is 7.37. The smallest absolute Gasteiger partial charge is 0.140 e. The molecule has 0 saturated heterocycles. The molecule has 0 aromatic heterocycles. The summed E-state index contributed by atoms with van der Waals surface area (Å²) in [6.45, 7) is 4.64. The number of hydrogen-bond acceptors (Lipinski definition) is 2. The van der Waals surface area contributed by atoms with Crippen molar-refractivity contribution >= 4 is 6.29 Å². The van der Waals surface area contributed by atoms with Gasteiger partial charge in [-0.2, -0.15) is 0 Å². The summed E-state index contributed by atoms with van der Waals surface area (Å²) in [6.07, 6.45) is 10.9. The topological polar surface area (TPSA) is 29.1 Å². The van der Waals surface area contributed by atoms with Crippen molar-refractivity contribution in [3.63, 3.8) is 0 Å². The van der Waals surface area contributed by atoms with Crippen molar-refractivity contribution in [3.05, 3.63) is 0 Å². The van der Waals surface area contributed by atoms with Crippen LogP contribution in [0.3, 0.4) is 0 Å². The molecule has 1 N–H and O–H groups in total. The van der Waals surface area contributed by atoms with Crippen LogP contribution in [0.5, 0.6) is 0 Å². The van der Waals surface area contributed by atoms with Crippen LogP contribution in [0.1, 0.15) is 65.2 Å². The Balaban J connectivity index is 1.88. The Bertz CT molecular complexity index is 248. The van der Waals surface area contributed by atoms with Crippen LogP contribution in [-0.4, -0.2) is 17.9 Å². The second-order valence-corrected chi connectivity index (χ2v) is 6.56. The van der Waals surface area contributed by atoms with Crippen LogP contribution >= 0.6 is 0 Å². The number of hydrogen-bond donors (Lipinski definition) is 1. The molecule has 17 heavy (non-hydrogen) atoms. The summed E-state index contributed by atoms with van der Waals surface area (Å²) in [5, 5.41) is 3.69. The maximum atomic E-state index is 11.5. The Morgan fingerprint density at radius 3 is 2.00 bits per heavy atom. The highest BCUT2D eigenvalue weighted by molar-refractivity contribution is 5.64. The number of carbonyl (C=O) groups is 1. The van der Waals surface area contributed by atoms with E-state index in [1.54, 1.807) is 0 Å². The molecular formula is C15H27NO. The molecule has 2 nitrogen and oxygen atoms in total. The lowest BCUT2D eigenvalue weighted by Gasteiger charge is -2.40. The number of rotatable bonds is 3. The standard InChI is InChI=1S/C15H27NO/c1-12-3-5-14(6-4-12)16-15(11-17)9-7-13(2)8-10-15/h11-14,16H,3-10H2,1-2H3. The molecule has 2 rings (SSSR count). The Kier molecular flexibility index (Phi) is 4.24. The second kappa shape index (κ2) is 5.51. The monoisotopic (exact) mass is 237 g/mol. The van der Waals surface area contributed by atoms with Crippen LogP contribution in [0, 0.1) is 11.8 Å². The summed E-state index contributed by atoms with van der Waals surface area (Å²) in [6, 6.07) is 0.588. The quantitative estimate of drug-likeness (QED) is 0.763. The predicted molar refractivity (Wildman–Crippen MR) is 71.0 cm³/mol. The van der Waals surface area contributed by atoms with E-state index < -0.39 is 0 Å². The van der Waals surface area contributed by atoms with Gasteiger partial charge in [0, 0.05) is 6.04 Å². The van der Waals surface area contributed by atoms with Crippen molar-refractivity contribution in [2.45, 2.75) is 76.8 Å². The Morgan fingerprint density at radius 2 is 1.47 bits per heavy atom. The summed E-state index contributed by atoms with van der Waals surface area (Å²) in [5.74, 6) is 1.68. The van der Waals surface area contributed by atoms with Gasteiger partial charge in [-0.05, 0) is 63.2 Å².